The van der Waals surface area contributed by atoms with Crippen LogP contribution >= 0.6 is 0 Å². The van der Waals surface area contributed by atoms with Gasteiger partial charge >= 0.3 is 0 Å². The maximum atomic E-state index is 13.6. The highest BCUT2D eigenvalue weighted by molar-refractivity contribution is 7.89. The molecule has 1 aromatic rings. The average Bonchev–Trinajstić information content (AvgIpc) is 2.89. The molecule has 0 amide bonds. The summed E-state index contributed by atoms with van der Waals surface area (Å²) in [7, 11) is -2.50. The van der Waals surface area contributed by atoms with E-state index in [1.165, 1.54) is 13.2 Å². The third-order valence-electron chi connectivity index (χ3n) is 3.33. The van der Waals surface area contributed by atoms with Gasteiger partial charge in [0.2, 0.25) is 10.0 Å². The molecule has 1 unspecified atom stereocenters. The first-order valence-corrected chi connectivity index (χ1v) is 7.54. The predicted octanol–water partition coefficient (Wildman–Crippen LogP) is 0.492. The first-order valence-electron chi connectivity index (χ1n) is 6.06. The summed E-state index contributed by atoms with van der Waals surface area (Å²) < 4.78 is 50.7. The minimum Gasteiger partial charge on any atom is -0.399 e. The molecule has 112 valence electrons. The molecule has 6 nitrogen and oxygen atoms in total. The zero-order valence-electron chi connectivity index (χ0n) is 11.1. The molecule has 0 aromatic heterocycles. The highest BCUT2D eigenvalue weighted by Gasteiger charge is 2.36. The van der Waals surface area contributed by atoms with Crippen LogP contribution in [0, 0.1) is 5.82 Å². The van der Waals surface area contributed by atoms with E-state index in [1.54, 1.807) is 0 Å². The molecule has 20 heavy (non-hydrogen) atoms. The van der Waals surface area contributed by atoms with E-state index in [9.17, 15) is 12.8 Å². The molecule has 2 rings (SSSR count). The molecule has 0 saturated carbocycles. The van der Waals surface area contributed by atoms with Gasteiger partial charge in [0.1, 0.15) is 16.3 Å². The monoisotopic (exact) mass is 304 g/mol. The van der Waals surface area contributed by atoms with Gasteiger partial charge in [0.25, 0.3) is 0 Å². The van der Waals surface area contributed by atoms with Gasteiger partial charge in [-0.1, -0.05) is 0 Å². The Morgan fingerprint density at radius 1 is 1.55 bits per heavy atom. The third-order valence-corrected chi connectivity index (χ3v) is 4.75. The standard InChI is InChI=1S/C12H17FN2O4S/c1-18-12(4-5-19-8-12)7-15-20(16,17)11-6-9(14)2-3-10(11)13/h2-3,6,15H,4-5,7-8,14H2,1H3. The van der Waals surface area contributed by atoms with Crippen molar-refractivity contribution < 1.29 is 22.3 Å². The quantitative estimate of drug-likeness (QED) is 0.773. The van der Waals surface area contributed by atoms with Crippen LogP contribution in [0.4, 0.5) is 10.1 Å². The number of nitrogen functional groups attached to an aromatic ring is 1. The fraction of sp³-hybridized carbons (Fsp3) is 0.500. The summed E-state index contributed by atoms with van der Waals surface area (Å²) in [5.74, 6) is -0.846. The van der Waals surface area contributed by atoms with Gasteiger partial charge in [0.05, 0.1) is 6.61 Å². The van der Waals surface area contributed by atoms with E-state index in [0.717, 1.165) is 12.1 Å². The molecule has 0 bridgehead atoms. The second kappa shape index (κ2) is 5.65. The lowest BCUT2D eigenvalue weighted by Gasteiger charge is -2.25. The molecule has 1 saturated heterocycles. The van der Waals surface area contributed by atoms with Gasteiger partial charge in [0.15, 0.2) is 0 Å². The number of halogens is 1. The highest BCUT2D eigenvalue weighted by Crippen LogP contribution is 2.23. The lowest BCUT2D eigenvalue weighted by Crippen LogP contribution is -2.45. The topological polar surface area (TPSA) is 90.7 Å². The fourth-order valence-electron chi connectivity index (χ4n) is 1.99. The number of ether oxygens (including phenoxy) is 2. The molecule has 1 aliphatic rings. The maximum Gasteiger partial charge on any atom is 0.243 e. The molecule has 1 aliphatic heterocycles. The largest absolute Gasteiger partial charge is 0.399 e. The van der Waals surface area contributed by atoms with E-state index in [1.807, 2.05) is 0 Å². The van der Waals surface area contributed by atoms with Gasteiger partial charge in [-0.15, -0.1) is 0 Å². The Morgan fingerprint density at radius 2 is 2.30 bits per heavy atom. The van der Waals surface area contributed by atoms with Crippen molar-refractivity contribution in [3.05, 3.63) is 24.0 Å². The minimum atomic E-state index is -3.99. The van der Waals surface area contributed by atoms with Crippen molar-refractivity contribution >= 4 is 15.7 Å². The van der Waals surface area contributed by atoms with Crippen LogP contribution in [0.1, 0.15) is 6.42 Å². The number of sulfonamides is 1. The normalized spacial score (nSPS) is 23.1. The lowest BCUT2D eigenvalue weighted by atomic mass is 10.0. The van der Waals surface area contributed by atoms with E-state index < -0.39 is 26.3 Å². The van der Waals surface area contributed by atoms with Crippen LogP contribution in [0.5, 0.6) is 0 Å². The number of hydrogen-bond acceptors (Lipinski definition) is 5. The summed E-state index contributed by atoms with van der Waals surface area (Å²) >= 11 is 0. The third kappa shape index (κ3) is 3.09. The molecule has 0 spiro atoms. The van der Waals surface area contributed by atoms with Crippen LogP contribution < -0.4 is 10.5 Å². The first kappa shape index (κ1) is 15.2. The Hall–Kier alpha value is -1.22. The van der Waals surface area contributed by atoms with Crippen LogP contribution in [0.2, 0.25) is 0 Å². The molecule has 0 aliphatic carbocycles. The molecule has 0 radical (unpaired) electrons. The zero-order chi connectivity index (χ0) is 14.8. The van der Waals surface area contributed by atoms with Gasteiger partial charge in [0, 0.05) is 32.4 Å². The van der Waals surface area contributed by atoms with Crippen molar-refractivity contribution in [1.82, 2.24) is 4.72 Å². The Morgan fingerprint density at radius 3 is 2.90 bits per heavy atom. The molecule has 1 heterocycles. The number of rotatable bonds is 5. The van der Waals surface area contributed by atoms with Gasteiger partial charge in [-0.25, -0.2) is 17.5 Å². The summed E-state index contributed by atoms with van der Waals surface area (Å²) in [4.78, 5) is -0.470. The SMILES string of the molecule is COC1(CNS(=O)(=O)c2cc(N)ccc2F)CCOC1. The van der Waals surface area contributed by atoms with Crippen LogP contribution in [-0.4, -0.2) is 40.9 Å². The molecule has 1 atom stereocenters. The Balaban J connectivity index is 2.17. The van der Waals surface area contributed by atoms with Gasteiger partial charge in [-0.05, 0) is 18.2 Å². The predicted molar refractivity (Wildman–Crippen MR) is 71.2 cm³/mol. The Labute approximate surface area is 117 Å². The Bertz CT molecular complexity index is 585. The second-order valence-electron chi connectivity index (χ2n) is 4.70. The van der Waals surface area contributed by atoms with E-state index >= 15 is 0 Å². The number of hydrogen-bond donors (Lipinski definition) is 2. The van der Waals surface area contributed by atoms with E-state index in [2.05, 4.69) is 4.72 Å². The minimum absolute atomic E-state index is 0.0140. The fourth-order valence-corrected chi connectivity index (χ4v) is 3.22. The number of nitrogens with one attached hydrogen (secondary N) is 1. The molecular weight excluding hydrogens is 287 g/mol. The number of nitrogens with two attached hydrogens (primary N) is 1. The number of benzene rings is 1. The summed E-state index contributed by atoms with van der Waals surface area (Å²) in [5, 5.41) is 0. The van der Waals surface area contributed by atoms with Crippen LogP contribution in [0.3, 0.4) is 0 Å². The molecule has 3 N–H and O–H groups in total. The number of anilines is 1. The summed E-state index contributed by atoms with van der Waals surface area (Å²) in [6, 6.07) is 3.41. The van der Waals surface area contributed by atoms with Crippen LogP contribution in [0.15, 0.2) is 23.1 Å². The summed E-state index contributed by atoms with van der Waals surface area (Å²) in [6.45, 7) is 0.813. The van der Waals surface area contributed by atoms with Crippen molar-refractivity contribution in [3.8, 4) is 0 Å². The van der Waals surface area contributed by atoms with Crippen molar-refractivity contribution in [3.63, 3.8) is 0 Å². The van der Waals surface area contributed by atoms with Gasteiger partial charge in [-0.3, -0.25) is 0 Å². The van der Waals surface area contributed by atoms with Crippen molar-refractivity contribution in [2.75, 3.05) is 32.6 Å². The van der Waals surface area contributed by atoms with Crippen LogP contribution in [-0.2, 0) is 19.5 Å². The molecule has 1 fully saturated rings. The zero-order valence-corrected chi connectivity index (χ0v) is 11.9. The van der Waals surface area contributed by atoms with Crippen LogP contribution in [0.25, 0.3) is 0 Å². The smallest absolute Gasteiger partial charge is 0.243 e. The Kier molecular flexibility index (Phi) is 4.28. The lowest BCUT2D eigenvalue weighted by molar-refractivity contribution is -0.0120. The van der Waals surface area contributed by atoms with E-state index in [4.69, 9.17) is 15.2 Å². The molecule has 1 aromatic carbocycles. The first-order chi connectivity index (χ1) is 9.38. The highest BCUT2D eigenvalue weighted by atomic mass is 32.2. The van der Waals surface area contributed by atoms with E-state index in [-0.39, 0.29) is 12.2 Å². The van der Waals surface area contributed by atoms with Crippen molar-refractivity contribution in [2.45, 2.75) is 16.9 Å². The van der Waals surface area contributed by atoms with Gasteiger partial charge < -0.3 is 15.2 Å². The molecular formula is C12H17FN2O4S. The van der Waals surface area contributed by atoms with Gasteiger partial charge in [-0.2, -0.15) is 0 Å². The second-order valence-corrected chi connectivity index (χ2v) is 6.44. The average molecular weight is 304 g/mol. The van der Waals surface area contributed by atoms with Crippen molar-refractivity contribution in [2.24, 2.45) is 0 Å². The number of methoxy groups -OCH3 is 1. The summed E-state index contributed by atoms with van der Waals surface area (Å²) in [5.41, 5.74) is 4.96. The van der Waals surface area contributed by atoms with Crippen molar-refractivity contribution in [1.29, 1.82) is 0 Å². The molecule has 8 heteroatoms. The van der Waals surface area contributed by atoms with E-state index in [0.29, 0.717) is 19.6 Å². The maximum absolute atomic E-state index is 13.6. The summed E-state index contributed by atoms with van der Waals surface area (Å²) in [6.07, 6.45) is 0.575.